The second-order valence-corrected chi connectivity index (χ2v) is 26.0. The fraction of sp³-hybridized carbons (Fsp3) is 0.580. The highest BCUT2D eigenvalue weighted by atomic mass is 28.3. The Bertz CT molecular complexity index is 2450. The first-order valence-corrected chi connectivity index (χ1v) is 25.3. The van der Waals surface area contributed by atoms with Crippen LogP contribution in [-0.2, 0) is 9.47 Å². The second-order valence-electron chi connectivity index (χ2n) is 20.4. The van der Waals surface area contributed by atoms with Crippen molar-refractivity contribution in [3.63, 3.8) is 0 Å². The summed E-state index contributed by atoms with van der Waals surface area (Å²) in [4.78, 5) is 29.3. The lowest BCUT2D eigenvalue weighted by molar-refractivity contribution is 0.0122. The van der Waals surface area contributed by atoms with E-state index in [1.807, 2.05) is 31.7 Å². The average molecular weight is 900 g/mol. The number of methoxy groups -OCH3 is 1. The predicted molar refractivity (Wildman–Crippen MR) is 248 cm³/mol. The number of carbonyl (C=O) groups excluding carboxylic acids is 1. The van der Waals surface area contributed by atoms with Crippen LogP contribution < -0.4 is 14.4 Å². The zero-order valence-corrected chi connectivity index (χ0v) is 40.1. The lowest BCUT2D eigenvalue weighted by atomic mass is 9.93. The summed E-state index contributed by atoms with van der Waals surface area (Å²) in [5, 5.41) is 1.57. The van der Waals surface area contributed by atoms with Gasteiger partial charge in [0.1, 0.15) is 49.4 Å². The first-order valence-electron chi connectivity index (χ1n) is 23.1. The molecule has 8 rings (SSSR count). The van der Waals surface area contributed by atoms with Crippen LogP contribution in [0.15, 0.2) is 36.4 Å². The molecule has 4 fully saturated rings. The highest BCUT2D eigenvalue weighted by molar-refractivity contribution is 6.90. The molecular weight excluding hydrogens is 836 g/mol. The Morgan fingerprint density at radius 2 is 1.64 bits per heavy atom. The third-order valence-electron chi connectivity index (χ3n) is 14.3. The smallest absolute Gasteiger partial charge is 0.410 e. The van der Waals surface area contributed by atoms with Crippen LogP contribution in [0.2, 0.25) is 16.6 Å². The van der Waals surface area contributed by atoms with E-state index in [-0.39, 0.29) is 54.2 Å². The van der Waals surface area contributed by atoms with Gasteiger partial charge in [-0.1, -0.05) is 59.6 Å². The van der Waals surface area contributed by atoms with Crippen molar-refractivity contribution in [1.82, 2.24) is 19.8 Å². The van der Waals surface area contributed by atoms with Gasteiger partial charge in [0.25, 0.3) is 0 Å². The summed E-state index contributed by atoms with van der Waals surface area (Å²) in [5.41, 5.74) is 4.31. The molecule has 4 atom stereocenters. The molecule has 4 aliphatic heterocycles. The molecule has 0 saturated carbocycles. The summed E-state index contributed by atoms with van der Waals surface area (Å²) in [6, 6.07) is 9.80. The van der Waals surface area contributed by atoms with Crippen LogP contribution in [0.1, 0.15) is 100.0 Å². The first-order chi connectivity index (χ1) is 30.4. The Morgan fingerprint density at radius 3 is 2.30 bits per heavy atom. The highest BCUT2D eigenvalue weighted by Crippen LogP contribution is 2.45. The van der Waals surface area contributed by atoms with E-state index in [9.17, 15) is 9.18 Å². The van der Waals surface area contributed by atoms with Gasteiger partial charge in [0.15, 0.2) is 12.6 Å². The minimum Gasteiger partial charge on any atom is -0.468 e. The number of ether oxygens (including phenoxy) is 4. The molecule has 0 spiro atoms. The van der Waals surface area contributed by atoms with Crippen LogP contribution in [-0.4, -0.2) is 110 Å². The van der Waals surface area contributed by atoms with Gasteiger partial charge in [-0.25, -0.2) is 18.0 Å². The Balaban J connectivity index is 1.29. The number of alkyl halides is 1. The van der Waals surface area contributed by atoms with E-state index < -0.39 is 37.0 Å². The SMILES string of the molecule is COCOc1cc(-c2ccc3c(N4C[C@H]5CC[C@@H](C4)N5C(=O)OC(C)(C)C)nc(OC[C@@]45CCCN4C[C@H](F)C5)nc3c2F)c2c(C#C[Si](C(C)C)(C(C)C)C(C)C)c(F)ccc2c1. The molecule has 4 aromatic rings. The van der Waals surface area contributed by atoms with Gasteiger partial charge < -0.3 is 23.8 Å². The minimum absolute atomic E-state index is 0.0130. The predicted octanol–water partition coefficient (Wildman–Crippen LogP) is 10.8. The van der Waals surface area contributed by atoms with Crippen LogP contribution in [0.4, 0.5) is 23.8 Å². The molecule has 2 bridgehead atoms. The number of amides is 1. The van der Waals surface area contributed by atoms with E-state index in [0.29, 0.717) is 76.0 Å². The van der Waals surface area contributed by atoms with Crippen molar-refractivity contribution in [2.24, 2.45) is 0 Å². The molecule has 0 unspecified atom stereocenters. The molecule has 10 nitrogen and oxygen atoms in total. The second kappa shape index (κ2) is 17.7. The lowest BCUT2D eigenvalue weighted by Crippen LogP contribution is -2.57. The fourth-order valence-corrected chi connectivity index (χ4v) is 16.7. The largest absolute Gasteiger partial charge is 0.468 e. The van der Waals surface area contributed by atoms with Crippen molar-refractivity contribution in [2.75, 3.05) is 51.6 Å². The number of fused-ring (bicyclic) bond motifs is 5. The van der Waals surface area contributed by atoms with Crippen molar-refractivity contribution in [3.8, 4) is 34.4 Å². The van der Waals surface area contributed by atoms with Crippen molar-refractivity contribution in [1.29, 1.82) is 0 Å². The number of halogens is 3. The van der Waals surface area contributed by atoms with Crippen LogP contribution in [0, 0.1) is 23.1 Å². The van der Waals surface area contributed by atoms with Crippen molar-refractivity contribution in [2.45, 2.75) is 140 Å². The Kier molecular flexibility index (Phi) is 12.7. The van der Waals surface area contributed by atoms with Gasteiger partial charge in [0.2, 0.25) is 0 Å². The van der Waals surface area contributed by atoms with Gasteiger partial charge in [-0.15, -0.1) is 5.54 Å². The zero-order chi connectivity index (χ0) is 45.9. The maximum atomic E-state index is 17.9. The number of aromatic nitrogens is 2. The van der Waals surface area contributed by atoms with Gasteiger partial charge in [-0.2, -0.15) is 9.97 Å². The molecule has 1 aromatic heterocycles. The van der Waals surface area contributed by atoms with Gasteiger partial charge in [0.05, 0.1) is 23.2 Å². The Morgan fingerprint density at radius 1 is 0.938 bits per heavy atom. The highest BCUT2D eigenvalue weighted by Gasteiger charge is 2.50. The van der Waals surface area contributed by atoms with Crippen molar-refractivity contribution < 1.29 is 36.9 Å². The van der Waals surface area contributed by atoms with E-state index in [1.54, 1.807) is 24.3 Å². The lowest BCUT2D eigenvalue weighted by Gasteiger charge is -2.42. The van der Waals surface area contributed by atoms with Crippen LogP contribution >= 0.6 is 0 Å². The van der Waals surface area contributed by atoms with Gasteiger partial charge in [-0.3, -0.25) is 9.80 Å². The average Bonchev–Trinajstić information content (AvgIpc) is 3.85. The van der Waals surface area contributed by atoms with Gasteiger partial charge >= 0.3 is 12.1 Å². The molecule has 0 N–H and O–H groups in total. The first kappa shape index (κ1) is 46.0. The summed E-state index contributed by atoms with van der Waals surface area (Å²) in [7, 11) is -0.788. The van der Waals surface area contributed by atoms with E-state index in [0.717, 1.165) is 32.2 Å². The number of hydrogen-bond acceptors (Lipinski definition) is 9. The third-order valence-corrected chi connectivity index (χ3v) is 20.6. The van der Waals surface area contributed by atoms with Crippen LogP contribution in [0.25, 0.3) is 32.8 Å². The Labute approximate surface area is 377 Å². The molecule has 4 aliphatic rings. The summed E-state index contributed by atoms with van der Waals surface area (Å²) in [5.74, 6) is 3.13. The molecular formula is C50H64F3N5O5Si. The number of anilines is 1. The van der Waals surface area contributed by atoms with Crippen LogP contribution in [0.5, 0.6) is 11.8 Å². The van der Waals surface area contributed by atoms with E-state index in [1.165, 1.54) is 13.2 Å². The molecule has 0 radical (unpaired) electrons. The molecule has 14 heteroatoms. The van der Waals surface area contributed by atoms with Gasteiger partial charge in [0, 0.05) is 49.5 Å². The van der Waals surface area contributed by atoms with Crippen molar-refractivity contribution >= 4 is 41.7 Å². The number of hydrogen-bond donors (Lipinski definition) is 0. The maximum Gasteiger partial charge on any atom is 0.410 e. The molecule has 1 amide bonds. The summed E-state index contributed by atoms with van der Waals surface area (Å²) >= 11 is 0. The maximum absolute atomic E-state index is 17.9. The van der Waals surface area contributed by atoms with Crippen LogP contribution in [0.3, 0.4) is 0 Å². The summed E-state index contributed by atoms with van der Waals surface area (Å²) in [6.45, 7) is 21.0. The Hall–Kier alpha value is -4.58. The molecule has 344 valence electrons. The topological polar surface area (TPSA) is 89.5 Å². The van der Waals surface area contributed by atoms with Gasteiger partial charge in [-0.05, 0) is 105 Å². The van der Waals surface area contributed by atoms with E-state index in [2.05, 4.69) is 62.8 Å². The monoisotopic (exact) mass is 899 g/mol. The van der Waals surface area contributed by atoms with E-state index in [4.69, 9.17) is 28.9 Å². The molecule has 64 heavy (non-hydrogen) atoms. The number of benzene rings is 3. The molecule has 5 heterocycles. The summed E-state index contributed by atoms with van der Waals surface area (Å²) in [6.07, 6.45) is 2.36. The summed E-state index contributed by atoms with van der Waals surface area (Å²) < 4.78 is 72.6. The number of nitrogens with zero attached hydrogens (tertiary/aromatic N) is 5. The third kappa shape index (κ3) is 8.41. The van der Waals surface area contributed by atoms with Crippen molar-refractivity contribution in [3.05, 3.63) is 53.6 Å². The molecule has 4 saturated heterocycles. The zero-order valence-electron chi connectivity index (χ0n) is 39.1. The standard InChI is InChI=1S/C50H64F3N5O5Si/c1-30(2)64(31(3)4,32(5)6)21-18-39-42(52)17-12-33-22-37(62-29-60-10)23-41(43(33)39)38-15-16-40-45(44(38)53)54-47(61-28-50-19-11-20-57(50)25-34(51)24-50)55-46(40)56-26-35-13-14-36(27-56)58(35)48(59)63-49(7,8)9/h12,15-17,22-23,30-32,34-36H,11,13-14,19-20,24-29H2,1-10H3/t34-,35-,36+,50+/m1/s1. The minimum atomic E-state index is -2.31. The molecule has 3 aromatic carbocycles. The number of carbonyl (C=O) groups is 1. The number of piperazine rings is 1. The quantitative estimate of drug-likeness (QED) is 0.0829. The molecule has 0 aliphatic carbocycles. The number of rotatable bonds is 11. The van der Waals surface area contributed by atoms with E-state index >= 15 is 8.78 Å². The fourth-order valence-electron chi connectivity index (χ4n) is 11.5. The normalized spacial score (nSPS) is 22.5.